The highest BCUT2D eigenvalue weighted by molar-refractivity contribution is 7.09. The minimum absolute atomic E-state index is 0.138. The maximum atomic E-state index is 10.2. The largest absolute Gasteiger partial charge is 0.392 e. The van der Waals surface area contributed by atoms with Crippen LogP contribution in [0.5, 0.6) is 0 Å². The van der Waals surface area contributed by atoms with Crippen molar-refractivity contribution in [2.75, 3.05) is 0 Å². The van der Waals surface area contributed by atoms with Crippen LogP contribution in [0, 0.1) is 12.3 Å². The van der Waals surface area contributed by atoms with Crippen molar-refractivity contribution in [3.8, 4) is 0 Å². The Hall–Kier alpha value is -0.410. The van der Waals surface area contributed by atoms with E-state index in [2.05, 4.69) is 17.3 Å². The second-order valence-electron chi connectivity index (χ2n) is 4.96. The minimum atomic E-state index is -0.217. The molecule has 0 bridgehead atoms. The molecule has 0 amide bonds. The average molecular weight is 225 g/mol. The van der Waals surface area contributed by atoms with Crippen LogP contribution in [-0.2, 0) is 6.42 Å². The van der Waals surface area contributed by atoms with Gasteiger partial charge in [0.15, 0.2) is 0 Å². The summed E-state index contributed by atoms with van der Waals surface area (Å²) in [7, 11) is 0. The molecule has 1 heterocycles. The molecule has 1 aliphatic rings. The molecule has 1 unspecified atom stereocenters. The number of nitrogens with zero attached hydrogens (tertiary/aromatic N) is 1. The lowest BCUT2D eigenvalue weighted by atomic mass is 9.81. The van der Waals surface area contributed by atoms with Gasteiger partial charge >= 0.3 is 0 Å². The van der Waals surface area contributed by atoms with Gasteiger partial charge in [-0.1, -0.05) is 19.8 Å². The monoisotopic (exact) mass is 225 g/mol. The molecule has 15 heavy (non-hydrogen) atoms. The first kappa shape index (κ1) is 11.1. The molecule has 0 saturated heterocycles. The van der Waals surface area contributed by atoms with Crippen LogP contribution in [0.3, 0.4) is 0 Å². The zero-order chi connectivity index (χ0) is 10.9. The van der Waals surface area contributed by atoms with Gasteiger partial charge in [0.25, 0.3) is 0 Å². The van der Waals surface area contributed by atoms with E-state index < -0.39 is 0 Å². The molecule has 1 atom stereocenters. The lowest BCUT2D eigenvalue weighted by Gasteiger charge is -2.29. The SMILES string of the molecule is Cc1csc(CC(O)C2(C)CCCC2)n1. The fraction of sp³-hybridized carbons (Fsp3) is 0.750. The maximum absolute atomic E-state index is 10.2. The third-order valence-electron chi connectivity index (χ3n) is 3.58. The summed E-state index contributed by atoms with van der Waals surface area (Å²) < 4.78 is 0. The molecule has 0 radical (unpaired) electrons. The van der Waals surface area contributed by atoms with Gasteiger partial charge in [-0.15, -0.1) is 11.3 Å². The molecular weight excluding hydrogens is 206 g/mol. The molecule has 1 N–H and O–H groups in total. The quantitative estimate of drug-likeness (QED) is 0.858. The average Bonchev–Trinajstić information content (AvgIpc) is 2.76. The van der Waals surface area contributed by atoms with Gasteiger partial charge in [-0.25, -0.2) is 4.98 Å². The Kier molecular flexibility index (Phi) is 3.12. The summed E-state index contributed by atoms with van der Waals surface area (Å²) in [6, 6.07) is 0. The number of hydrogen-bond donors (Lipinski definition) is 1. The van der Waals surface area contributed by atoms with Crippen molar-refractivity contribution >= 4 is 11.3 Å². The number of hydrogen-bond acceptors (Lipinski definition) is 3. The van der Waals surface area contributed by atoms with Crippen LogP contribution in [0.4, 0.5) is 0 Å². The Bertz CT molecular complexity index is 328. The lowest BCUT2D eigenvalue weighted by Crippen LogP contribution is -2.31. The first-order valence-corrected chi connectivity index (χ1v) is 6.57. The summed E-state index contributed by atoms with van der Waals surface area (Å²) in [6.07, 6.45) is 5.38. The van der Waals surface area contributed by atoms with Crippen molar-refractivity contribution in [3.63, 3.8) is 0 Å². The van der Waals surface area contributed by atoms with Gasteiger partial charge in [-0.05, 0) is 25.2 Å². The zero-order valence-corrected chi connectivity index (χ0v) is 10.3. The molecule has 0 aromatic carbocycles. The first-order chi connectivity index (χ1) is 7.10. The topological polar surface area (TPSA) is 33.1 Å². The highest BCUT2D eigenvalue weighted by Crippen LogP contribution is 2.41. The van der Waals surface area contributed by atoms with Gasteiger partial charge in [0, 0.05) is 17.5 Å². The molecule has 0 spiro atoms. The molecule has 1 aromatic heterocycles. The molecule has 1 aromatic rings. The number of aliphatic hydroxyl groups excluding tert-OH is 1. The summed E-state index contributed by atoms with van der Waals surface area (Å²) in [6.45, 7) is 4.22. The number of aryl methyl sites for hydroxylation is 1. The van der Waals surface area contributed by atoms with Gasteiger partial charge in [-0.2, -0.15) is 0 Å². The molecular formula is C12H19NOS. The van der Waals surface area contributed by atoms with E-state index in [1.165, 1.54) is 25.7 Å². The Morgan fingerprint density at radius 1 is 1.53 bits per heavy atom. The predicted molar refractivity (Wildman–Crippen MR) is 63.1 cm³/mol. The van der Waals surface area contributed by atoms with E-state index in [1.54, 1.807) is 11.3 Å². The van der Waals surface area contributed by atoms with Gasteiger partial charge in [0.2, 0.25) is 0 Å². The van der Waals surface area contributed by atoms with Gasteiger partial charge in [-0.3, -0.25) is 0 Å². The summed E-state index contributed by atoms with van der Waals surface area (Å²) >= 11 is 1.66. The van der Waals surface area contributed by atoms with Gasteiger partial charge in [0.05, 0.1) is 11.1 Å². The molecule has 2 rings (SSSR count). The number of rotatable bonds is 3. The van der Waals surface area contributed by atoms with E-state index in [-0.39, 0.29) is 11.5 Å². The summed E-state index contributed by atoms with van der Waals surface area (Å²) in [5.74, 6) is 0. The lowest BCUT2D eigenvalue weighted by molar-refractivity contribution is 0.0423. The van der Waals surface area contributed by atoms with Crippen LogP contribution in [-0.4, -0.2) is 16.2 Å². The first-order valence-electron chi connectivity index (χ1n) is 5.69. The Morgan fingerprint density at radius 2 is 2.20 bits per heavy atom. The van der Waals surface area contributed by atoms with Crippen LogP contribution in [0.1, 0.15) is 43.3 Å². The van der Waals surface area contributed by atoms with E-state index in [9.17, 15) is 5.11 Å². The second kappa shape index (κ2) is 4.22. The Morgan fingerprint density at radius 3 is 2.73 bits per heavy atom. The normalized spacial score (nSPS) is 21.8. The third-order valence-corrected chi connectivity index (χ3v) is 4.57. The van der Waals surface area contributed by atoms with Crippen molar-refractivity contribution in [3.05, 3.63) is 16.1 Å². The summed E-state index contributed by atoms with van der Waals surface area (Å²) in [5, 5.41) is 13.4. The van der Waals surface area contributed by atoms with Crippen molar-refractivity contribution < 1.29 is 5.11 Å². The van der Waals surface area contributed by atoms with E-state index in [0.717, 1.165) is 17.1 Å². The van der Waals surface area contributed by atoms with E-state index in [4.69, 9.17) is 0 Å². The summed E-state index contributed by atoms with van der Waals surface area (Å²) in [5.41, 5.74) is 1.21. The molecule has 1 fully saturated rings. The highest BCUT2D eigenvalue weighted by atomic mass is 32.1. The van der Waals surface area contributed by atoms with Gasteiger partial charge in [0.1, 0.15) is 0 Å². The molecule has 84 valence electrons. The van der Waals surface area contributed by atoms with E-state index >= 15 is 0 Å². The van der Waals surface area contributed by atoms with Crippen LogP contribution in [0.15, 0.2) is 5.38 Å². The summed E-state index contributed by atoms with van der Waals surface area (Å²) in [4.78, 5) is 4.41. The molecule has 0 aliphatic heterocycles. The molecule has 1 aliphatic carbocycles. The van der Waals surface area contributed by atoms with Crippen LogP contribution < -0.4 is 0 Å². The molecule has 2 nitrogen and oxygen atoms in total. The smallest absolute Gasteiger partial charge is 0.0954 e. The zero-order valence-electron chi connectivity index (χ0n) is 9.49. The van der Waals surface area contributed by atoms with Crippen LogP contribution in [0.2, 0.25) is 0 Å². The number of aromatic nitrogens is 1. The third kappa shape index (κ3) is 2.40. The highest BCUT2D eigenvalue weighted by Gasteiger charge is 2.36. The van der Waals surface area contributed by atoms with Crippen molar-refractivity contribution in [2.45, 2.75) is 52.1 Å². The predicted octanol–water partition coefficient (Wildman–Crippen LogP) is 2.94. The molecule has 3 heteroatoms. The standard InChI is InChI=1S/C12H19NOS/c1-9-8-15-11(13-9)7-10(14)12(2)5-3-4-6-12/h8,10,14H,3-7H2,1-2H3. The maximum Gasteiger partial charge on any atom is 0.0954 e. The van der Waals surface area contributed by atoms with Crippen molar-refractivity contribution in [1.29, 1.82) is 0 Å². The molecule has 1 saturated carbocycles. The van der Waals surface area contributed by atoms with Gasteiger partial charge < -0.3 is 5.11 Å². The van der Waals surface area contributed by atoms with Crippen molar-refractivity contribution in [1.82, 2.24) is 4.98 Å². The van der Waals surface area contributed by atoms with E-state index in [0.29, 0.717) is 0 Å². The Balaban J connectivity index is 1.99. The Labute approximate surface area is 95.4 Å². The minimum Gasteiger partial charge on any atom is -0.392 e. The second-order valence-corrected chi connectivity index (χ2v) is 5.91. The van der Waals surface area contributed by atoms with Crippen LogP contribution >= 0.6 is 11.3 Å². The van der Waals surface area contributed by atoms with Crippen molar-refractivity contribution in [2.24, 2.45) is 5.41 Å². The van der Waals surface area contributed by atoms with Crippen LogP contribution in [0.25, 0.3) is 0 Å². The number of thiazole rings is 1. The van der Waals surface area contributed by atoms with E-state index in [1.807, 2.05) is 6.92 Å². The fourth-order valence-electron chi connectivity index (χ4n) is 2.42. The fourth-order valence-corrected chi connectivity index (χ4v) is 3.23. The number of aliphatic hydroxyl groups is 1.